The van der Waals surface area contributed by atoms with E-state index in [1.807, 2.05) is 55.1 Å². The molecule has 1 aliphatic carbocycles. The van der Waals surface area contributed by atoms with E-state index in [0.29, 0.717) is 11.3 Å². The number of amides is 3. The maximum atomic E-state index is 14.8. The SMILES string of the molecule is Cc1ccccc1C(C(=O)NC1CC(F)(F)C1)N(C(=O)C1CCC(=O)N1c1cc(C#N)ccn1)c1ccc2c(ccn2C)c1. The molecule has 1 saturated heterocycles. The van der Waals surface area contributed by atoms with E-state index >= 15 is 0 Å². The maximum Gasteiger partial charge on any atom is 0.252 e. The number of nitrogens with zero attached hydrogens (tertiary/aromatic N) is 5. The lowest BCUT2D eigenvalue weighted by Crippen LogP contribution is -2.56. The summed E-state index contributed by atoms with van der Waals surface area (Å²) in [6, 6.07) is 16.4. The summed E-state index contributed by atoms with van der Waals surface area (Å²) in [7, 11) is 1.90. The Bertz CT molecular complexity index is 1820. The van der Waals surface area contributed by atoms with Crippen LogP contribution in [0, 0.1) is 18.3 Å². The summed E-state index contributed by atoms with van der Waals surface area (Å²) < 4.78 is 29.4. The van der Waals surface area contributed by atoms with E-state index in [2.05, 4.69) is 10.3 Å². The largest absolute Gasteiger partial charge is 0.351 e. The molecule has 3 heterocycles. The number of carbonyl (C=O) groups is 3. The zero-order valence-corrected chi connectivity index (χ0v) is 24.2. The van der Waals surface area contributed by atoms with E-state index in [9.17, 15) is 28.4 Å². The van der Waals surface area contributed by atoms with E-state index in [4.69, 9.17) is 0 Å². The van der Waals surface area contributed by atoms with Gasteiger partial charge in [-0.25, -0.2) is 13.8 Å². The Morgan fingerprint density at radius 3 is 2.64 bits per heavy atom. The first-order valence-corrected chi connectivity index (χ1v) is 14.4. The number of fused-ring (bicyclic) bond motifs is 1. The quantitative estimate of drug-likeness (QED) is 0.325. The third-order valence-corrected chi connectivity index (χ3v) is 8.43. The van der Waals surface area contributed by atoms with Crippen molar-refractivity contribution in [1.82, 2.24) is 14.9 Å². The van der Waals surface area contributed by atoms with Gasteiger partial charge in [-0.3, -0.25) is 24.2 Å². The minimum Gasteiger partial charge on any atom is -0.351 e. The van der Waals surface area contributed by atoms with Crippen molar-refractivity contribution in [1.29, 1.82) is 5.26 Å². The van der Waals surface area contributed by atoms with Crippen LogP contribution in [0.4, 0.5) is 20.3 Å². The fourth-order valence-electron chi connectivity index (χ4n) is 6.14. The van der Waals surface area contributed by atoms with Crippen molar-refractivity contribution >= 4 is 40.1 Å². The molecule has 1 saturated carbocycles. The smallest absolute Gasteiger partial charge is 0.252 e. The number of aromatic nitrogens is 2. The molecule has 11 heteroatoms. The monoisotopic (exact) mass is 596 g/mol. The Morgan fingerprint density at radius 1 is 1.14 bits per heavy atom. The molecule has 2 aromatic heterocycles. The molecule has 1 aliphatic heterocycles. The highest BCUT2D eigenvalue weighted by molar-refractivity contribution is 6.11. The van der Waals surface area contributed by atoms with Gasteiger partial charge in [0.15, 0.2) is 0 Å². The summed E-state index contributed by atoms with van der Waals surface area (Å²) in [5, 5.41) is 13.0. The Labute approximate surface area is 252 Å². The molecular formula is C33H30F2N6O3. The van der Waals surface area contributed by atoms with E-state index < -0.39 is 48.7 Å². The molecule has 44 heavy (non-hydrogen) atoms. The molecule has 0 bridgehead atoms. The predicted octanol–water partition coefficient (Wildman–Crippen LogP) is 4.94. The van der Waals surface area contributed by atoms with Crippen LogP contribution in [0.15, 0.2) is 73.1 Å². The number of pyridine rings is 1. The van der Waals surface area contributed by atoms with Crippen molar-refractivity contribution in [2.75, 3.05) is 9.80 Å². The standard InChI is InChI=1S/C33H30F2N6O3/c1-20-5-3-4-6-25(20)30(31(43)38-23-17-33(34,35)18-23)40(24-7-8-26-22(16-24)12-14-39(26)2)32(44)27-9-10-29(42)41(27)28-15-21(19-36)11-13-37-28/h3-8,11-16,23,27,30H,9-10,17-18H2,1-2H3,(H,38,43). The normalized spacial score (nSPS) is 18.5. The van der Waals surface area contributed by atoms with Gasteiger partial charge in [0.05, 0.1) is 11.6 Å². The Balaban J connectivity index is 1.48. The van der Waals surface area contributed by atoms with Crippen molar-refractivity contribution in [3.05, 3.63) is 89.7 Å². The van der Waals surface area contributed by atoms with Gasteiger partial charge in [0, 0.05) is 61.3 Å². The van der Waals surface area contributed by atoms with Gasteiger partial charge >= 0.3 is 0 Å². The second kappa shape index (κ2) is 11.2. The van der Waals surface area contributed by atoms with Gasteiger partial charge < -0.3 is 9.88 Å². The second-order valence-corrected chi connectivity index (χ2v) is 11.4. The van der Waals surface area contributed by atoms with Crippen LogP contribution in [-0.4, -0.2) is 45.3 Å². The van der Waals surface area contributed by atoms with Crippen LogP contribution in [0.1, 0.15) is 48.4 Å². The molecule has 2 unspecified atom stereocenters. The van der Waals surface area contributed by atoms with Crippen LogP contribution in [0.3, 0.4) is 0 Å². The number of aryl methyl sites for hydroxylation is 2. The van der Waals surface area contributed by atoms with Crippen molar-refractivity contribution in [3.8, 4) is 6.07 Å². The van der Waals surface area contributed by atoms with E-state index in [1.54, 1.807) is 24.3 Å². The molecule has 2 atom stereocenters. The summed E-state index contributed by atoms with van der Waals surface area (Å²) in [6.07, 6.45) is 2.56. The molecule has 2 fully saturated rings. The number of benzene rings is 2. The first-order chi connectivity index (χ1) is 21.1. The van der Waals surface area contributed by atoms with Crippen LogP contribution >= 0.6 is 0 Å². The third kappa shape index (κ3) is 5.28. The fourth-order valence-corrected chi connectivity index (χ4v) is 6.14. The van der Waals surface area contributed by atoms with Crippen molar-refractivity contribution in [2.45, 2.75) is 56.7 Å². The Kier molecular flexibility index (Phi) is 7.37. The molecular weight excluding hydrogens is 566 g/mol. The molecule has 0 spiro atoms. The van der Waals surface area contributed by atoms with Gasteiger partial charge in [0.1, 0.15) is 17.9 Å². The number of carbonyl (C=O) groups excluding carboxylic acids is 3. The molecule has 4 aromatic rings. The maximum absolute atomic E-state index is 14.8. The van der Waals surface area contributed by atoms with Crippen molar-refractivity contribution in [2.24, 2.45) is 7.05 Å². The molecule has 1 N–H and O–H groups in total. The van der Waals surface area contributed by atoms with Gasteiger partial charge in [-0.15, -0.1) is 0 Å². The number of hydrogen-bond acceptors (Lipinski definition) is 5. The highest BCUT2D eigenvalue weighted by atomic mass is 19.3. The van der Waals surface area contributed by atoms with Gasteiger partial charge in [-0.05, 0) is 60.9 Å². The number of alkyl halides is 2. The summed E-state index contributed by atoms with van der Waals surface area (Å²) in [4.78, 5) is 49.1. The lowest BCUT2D eigenvalue weighted by Gasteiger charge is -2.39. The van der Waals surface area contributed by atoms with E-state index in [0.717, 1.165) is 16.5 Å². The first-order valence-electron chi connectivity index (χ1n) is 14.4. The minimum absolute atomic E-state index is 0.0683. The minimum atomic E-state index is -2.85. The Morgan fingerprint density at radius 2 is 1.91 bits per heavy atom. The average molecular weight is 597 g/mol. The lowest BCUT2D eigenvalue weighted by molar-refractivity contribution is -0.133. The van der Waals surface area contributed by atoms with Gasteiger partial charge in [0.25, 0.3) is 11.8 Å². The highest BCUT2D eigenvalue weighted by Gasteiger charge is 2.48. The Hall–Kier alpha value is -5.11. The van der Waals surface area contributed by atoms with Crippen LogP contribution in [0.5, 0.6) is 0 Å². The van der Waals surface area contributed by atoms with Gasteiger partial charge in [0.2, 0.25) is 11.8 Å². The fraction of sp³-hybridized carbons (Fsp3) is 0.303. The third-order valence-electron chi connectivity index (χ3n) is 8.43. The summed E-state index contributed by atoms with van der Waals surface area (Å²) in [5.74, 6) is -4.14. The summed E-state index contributed by atoms with van der Waals surface area (Å²) in [5.41, 5.74) is 2.85. The van der Waals surface area contributed by atoms with Gasteiger partial charge in [-0.1, -0.05) is 24.3 Å². The van der Waals surface area contributed by atoms with Gasteiger partial charge in [-0.2, -0.15) is 5.26 Å². The average Bonchev–Trinajstić information content (AvgIpc) is 3.56. The van der Waals surface area contributed by atoms with Crippen LogP contribution in [0.2, 0.25) is 0 Å². The molecule has 3 amide bonds. The second-order valence-electron chi connectivity index (χ2n) is 11.4. The number of anilines is 2. The topological polar surface area (TPSA) is 111 Å². The zero-order chi connectivity index (χ0) is 31.2. The van der Waals surface area contributed by atoms with Crippen LogP contribution in [0.25, 0.3) is 10.9 Å². The number of halogens is 2. The number of nitrogens with one attached hydrogen (secondary N) is 1. The number of hydrogen-bond donors (Lipinski definition) is 1. The van der Waals surface area contributed by atoms with Crippen molar-refractivity contribution < 1.29 is 23.2 Å². The van der Waals surface area contributed by atoms with Crippen LogP contribution < -0.4 is 15.1 Å². The first kappa shape index (κ1) is 29.0. The van der Waals surface area contributed by atoms with Crippen molar-refractivity contribution in [3.63, 3.8) is 0 Å². The molecule has 2 aromatic carbocycles. The van der Waals surface area contributed by atoms with E-state index in [-0.39, 0.29) is 30.1 Å². The highest BCUT2D eigenvalue weighted by Crippen LogP contribution is 2.39. The number of rotatable bonds is 7. The molecule has 0 radical (unpaired) electrons. The molecule has 9 nitrogen and oxygen atoms in total. The van der Waals surface area contributed by atoms with Crippen LogP contribution in [-0.2, 0) is 21.4 Å². The summed E-state index contributed by atoms with van der Waals surface area (Å²) in [6.45, 7) is 1.82. The molecule has 2 aliphatic rings. The number of nitriles is 1. The lowest BCUT2D eigenvalue weighted by atomic mass is 9.87. The molecule has 224 valence electrons. The summed E-state index contributed by atoms with van der Waals surface area (Å²) >= 11 is 0. The van der Waals surface area contributed by atoms with E-state index in [1.165, 1.54) is 28.1 Å². The predicted molar refractivity (Wildman–Crippen MR) is 160 cm³/mol. The molecule has 6 rings (SSSR count). The zero-order valence-electron chi connectivity index (χ0n) is 24.2.